The average molecular weight is 334 g/mol. The first-order chi connectivity index (χ1) is 8.99. The molecule has 0 spiro atoms. The molecule has 1 N–H and O–H groups in total. The largest absolute Gasteiger partial charge is 0.497 e. The maximum absolute atomic E-state index is 13.6. The Kier molecular flexibility index (Phi) is 5.75. The second kappa shape index (κ2) is 7.08. The fourth-order valence-electron chi connectivity index (χ4n) is 1.30. The first-order valence-electron chi connectivity index (χ1n) is 5.33. The van der Waals surface area contributed by atoms with E-state index in [-0.39, 0.29) is 12.1 Å². The monoisotopic (exact) mass is 333 g/mol. The fraction of sp³-hybridized carbons (Fsp3) is 0.333. The predicted molar refractivity (Wildman–Crippen MR) is 70.0 cm³/mol. The molecule has 1 unspecified atom stereocenters. The van der Waals surface area contributed by atoms with Crippen LogP contribution in [0.5, 0.6) is 5.75 Å². The summed E-state index contributed by atoms with van der Waals surface area (Å²) in [6.07, 6.45) is 0. The van der Waals surface area contributed by atoms with Crippen molar-refractivity contribution < 1.29 is 23.5 Å². The minimum atomic E-state index is -0.693. The lowest BCUT2D eigenvalue weighted by Crippen LogP contribution is -2.34. The van der Waals surface area contributed by atoms with E-state index in [2.05, 4.69) is 26.0 Å². The van der Waals surface area contributed by atoms with Crippen molar-refractivity contribution in [2.75, 3.05) is 20.8 Å². The highest BCUT2D eigenvalue weighted by molar-refractivity contribution is 9.10. The molecule has 0 saturated carbocycles. The summed E-state index contributed by atoms with van der Waals surface area (Å²) in [5.74, 6) is -1.51. The van der Waals surface area contributed by atoms with Gasteiger partial charge in [0.05, 0.1) is 19.8 Å². The number of alkyl halides is 1. The van der Waals surface area contributed by atoms with Crippen LogP contribution in [0, 0.1) is 5.82 Å². The number of methoxy groups -OCH3 is 2. The van der Waals surface area contributed by atoms with Gasteiger partial charge in [0.15, 0.2) is 0 Å². The SMILES string of the molecule is COC(=O)C(Br)CNC(=O)c1ccc(OC)cc1F. The van der Waals surface area contributed by atoms with Crippen LogP contribution in [0.2, 0.25) is 0 Å². The number of carbonyl (C=O) groups is 2. The highest BCUT2D eigenvalue weighted by Gasteiger charge is 2.18. The Hall–Kier alpha value is -1.63. The molecule has 0 saturated heterocycles. The van der Waals surface area contributed by atoms with Crippen LogP contribution in [0.1, 0.15) is 10.4 Å². The fourth-order valence-corrected chi connectivity index (χ4v) is 1.64. The summed E-state index contributed by atoms with van der Waals surface area (Å²) in [4.78, 5) is 22.1. The number of halogens is 2. The molecule has 0 aromatic heterocycles. The Labute approximate surface area is 118 Å². The van der Waals surface area contributed by atoms with Crippen molar-refractivity contribution in [1.82, 2.24) is 5.32 Å². The normalized spacial score (nSPS) is 11.6. The third kappa shape index (κ3) is 4.20. The molecule has 1 amide bonds. The Balaban J connectivity index is 2.66. The lowest BCUT2D eigenvalue weighted by atomic mass is 10.2. The predicted octanol–water partition coefficient (Wildman–Crippen LogP) is 1.50. The van der Waals surface area contributed by atoms with Gasteiger partial charge in [-0.05, 0) is 12.1 Å². The average Bonchev–Trinajstić information content (AvgIpc) is 2.43. The van der Waals surface area contributed by atoms with Crippen LogP contribution in [0.15, 0.2) is 18.2 Å². The van der Waals surface area contributed by atoms with E-state index in [1.54, 1.807) is 0 Å². The van der Waals surface area contributed by atoms with Crippen molar-refractivity contribution in [2.45, 2.75) is 4.83 Å². The van der Waals surface area contributed by atoms with Crippen molar-refractivity contribution in [3.63, 3.8) is 0 Å². The van der Waals surface area contributed by atoms with Gasteiger partial charge in [0, 0.05) is 12.6 Å². The Morgan fingerprint density at radius 1 is 1.42 bits per heavy atom. The van der Waals surface area contributed by atoms with Crippen LogP contribution in [0.4, 0.5) is 4.39 Å². The van der Waals surface area contributed by atoms with Crippen LogP contribution >= 0.6 is 15.9 Å². The van der Waals surface area contributed by atoms with Crippen LogP contribution in [-0.2, 0) is 9.53 Å². The highest BCUT2D eigenvalue weighted by atomic mass is 79.9. The van der Waals surface area contributed by atoms with E-state index in [1.165, 1.54) is 26.4 Å². The number of carbonyl (C=O) groups excluding carboxylic acids is 2. The van der Waals surface area contributed by atoms with E-state index in [1.807, 2.05) is 0 Å². The van der Waals surface area contributed by atoms with Gasteiger partial charge >= 0.3 is 5.97 Å². The maximum atomic E-state index is 13.6. The van der Waals surface area contributed by atoms with Crippen molar-refractivity contribution >= 4 is 27.8 Å². The molecule has 0 aliphatic heterocycles. The molecule has 19 heavy (non-hydrogen) atoms. The number of ether oxygens (including phenoxy) is 2. The zero-order chi connectivity index (χ0) is 14.4. The van der Waals surface area contributed by atoms with Gasteiger partial charge in [-0.15, -0.1) is 0 Å². The second-order valence-electron chi connectivity index (χ2n) is 3.55. The summed E-state index contributed by atoms with van der Waals surface area (Å²) < 4.78 is 22.9. The van der Waals surface area contributed by atoms with Crippen LogP contribution in [0.25, 0.3) is 0 Å². The minimum absolute atomic E-state index is 0.00300. The van der Waals surface area contributed by atoms with Crippen molar-refractivity contribution in [3.05, 3.63) is 29.6 Å². The molecule has 1 aromatic carbocycles. The zero-order valence-electron chi connectivity index (χ0n) is 10.4. The molecule has 5 nitrogen and oxygen atoms in total. The van der Waals surface area contributed by atoms with Gasteiger partial charge in [0.25, 0.3) is 5.91 Å². The maximum Gasteiger partial charge on any atom is 0.321 e. The van der Waals surface area contributed by atoms with Crippen LogP contribution < -0.4 is 10.1 Å². The Bertz CT molecular complexity index is 481. The molecule has 1 atom stereocenters. The standard InChI is InChI=1S/C12H13BrFNO4/c1-18-7-3-4-8(10(14)5-7)11(16)15-6-9(13)12(17)19-2/h3-5,9H,6H2,1-2H3,(H,15,16). The van der Waals surface area contributed by atoms with Crippen molar-refractivity contribution in [3.8, 4) is 5.75 Å². The smallest absolute Gasteiger partial charge is 0.321 e. The van der Waals surface area contributed by atoms with Gasteiger partial charge in [0.2, 0.25) is 0 Å². The topological polar surface area (TPSA) is 64.6 Å². The molecule has 0 radical (unpaired) electrons. The number of nitrogens with one attached hydrogen (secondary N) is 1. The molecule has 0 aliphatic rings. The van der Waals surface area contributed by atoms with E-state index < -0.39 is 22.5 Å². The lowest BCUT2D eigenvalue weighted by molar-refractivity contribution is -0.139. The second-order valence-corrected chi connectivity index (χ2v) is 4.65. The number of esters is 1. The molecule has 0 bridgehead atoms. The number of rotatable bonds is 5. The summed E-state index contributed by atoms with van der Waals surface area (Å²) >= 11 is 3.04. The molecule has 0 aliphatic carbocycles. The summed E-state index contributed by atoms with van der Waals surface area (Å²) in [5, 5.41) is 2.42. The van der Waals surface area contributed by atoms with E-state index in [0.717, 1.165) is 6.07 Å². The van der Waals surface area contributed by atoms with Gasteiger partial charge in [-0.3, -0.25) is 9.59 Å². The number of hydrogen-bond acceptors (Lipinski definition) is 4. The van der Waals surface area contributed by atoms with Gasteiger partial charge in [0.1, 0.15) is 16.4 Å². The quantitative estimate of drug-likeness (QED) is 0.655. The van der Waals surface area contributed by atoms with Crippen molar-refractivity contribution in [1.29, 1.82) is 0 Å². The van der Waals surface area contributed by atoms with Crippen LogP contribution in [0.3, 0.4) is 0 Å². The summed E-state index contributed by atoms with van der Waals surface area (Å²) in [6.45, 7) is -0.00300. The van der Waals surface area contributed by atoms with Gasteiger partial charge in [-0.1, -0.05) is 15.9 Å². The van der Waals surface area contributed by atoms with E-state index in [0.29, 0.717) is 5.75 Å². The number of benzene rings is 1. The first-order valence-corrected chi connectivity index (χ1v) is 6.24. The number of amides is 1. The van der Waals surface area contributed by atoms with E-state index in [4.69, 9.17) is 4.74 Å². The molecular weight excluding hydrogens is 321 g/mol. The zero-order valence-corrected chi connectivity index (χ0v) is 12.0. The molecule has 1 rings (SSSR count). The highest BCUT2D eigenvalue weighted by Crippen LogP contribution is 2.16. The van der Waals surface area contributed by atoms with E-state index in [9.17, 15) is 14.0 Å². The first kappa shape index (κ1) is 15.4. The minimum Gasteiger partial charge on any atom is -0.497 e. The van der Waals surface area contributed by atoms with Crippen LogP contribution in [-0.4, -0.2) is 37.5 Å². The Morgan fingerprint density at radius 3 is 2.63 bits per heavy atom. The molecule has 7 heteroatoms. The molecule has 0 fully saturated rings. The van der Waals surface area contributed by atoms with Gasteiger partial charge in [-0.25, -0.2) is 4.39 Å². The number of hydrogen-bond donors (Lipinski definition) is 1. The molecule has 104 valence electrons. The van der Waals surface area contributed by atoms with Gasteiger partial charge in [-0.2, -0.15) is 0 Å². The third-order valence-electron chi connectivity index (χ3n) is 2.32. The van der Waals surface area contributed by atoms with Crippen molar-refractivity contribution in [2.24, 2.45) is 0 Å². The lowest BCUT2D eigenvalue weighted by Gasteiger charge is -2.10. The molecular formula is C12H13BrFNO4. The third-order valence-corrected chi connectivity index (χ3v) is 3.02. The molecule has 1 aromatic rings. The summed E-state index contributed by atoms with van der Waals surface area (Å²) in [7, 11) is 2.64. The summed E-state index contributed by atoms with van der Waals surface area (Å²) in [5.41, 5.74) is -0.120. The summed E-state index contributed by atoms with van der Waals surface area (Å²) in [6, 6.07) is 3.90. The van der Waals surface area contributed by atoms with E-state index >= 15 is 0 Å². The Morgan fingerprint density at radius 2 is 2.11 bits per heavy atom. The van der Waals surface area contributed by atoms with Gasteiger partial charge < -0.3 is 14.8 Å². The molecule has 0 heterocycles.